The van der Waals surface area contributed by atoms with E-state index in [1.807, 2.05) is 63.2 Å². The standard InChI is InChI=1S/C26H32N4O4/c1-16(2)34-26(33)29-14-17(3)30(18(4)31)23-10-9-21(13-24(23)29)19-5-7-20(8-6-19)25(32)28-12-11-22(27)15-28/h5-10,13,16-17,22H,11-12,14-15,27H2,1-4H3. The minimum absolute atomic E-state index is 0.0152. The van der Waals surface area contributed by atoms with Gasteiger partial charge in [-0.2, -0.15) is 0 Å². The van der Waals surface area contributed by atoms with Crippen LogP contribution in [0.25, 0.3) is 11.1 Å². The zero-order chi connectivity index (χ0) is 24.6. The normalized spacial score (nSPS) is 19.9. The molecule has 0 aliphatic carbocycles. The smallest absolute Gasteiger partial charge is 0.414 e. The molecule has 2 aromatic rings. The molecule has 2 N–H and O–H groups in total. The van der Waals surface area contributed by atoms with Crippen LogP contribution in [0, 0.1) is 0 Å². The van der Waals surface area contributed by atoms with Crippen molar-refractivity contribution in [3.05, 3.63) is 48.0 Å². The van der Waals surface area contributed by atoms with E-state index in [4.69, 9.17) is 10.5 Å². The highest BCUT2D eigenvalue weighted by atomic mass is 16.6. The van der Waals surface area contributed by atoms with E-state index in [0.29, 0.717) is 36.6 Å². The average molecular weight is 465 g/mol. The van der Waals surface area contributed by atoms with Crippen LogP contribution < -0.4 is 15.5 Å². The second kappa shape index (κ2) is 9.46. The Balaban J connectivity index is 1.66. The van der Waals surface area contributed by atoms with Crippen LogP contribution in [0.3, 0.4) is 0 Å². The monoisotopic (exact) mass is 464 g/mol. The third-order valence-corrected chi connectivity index (χ3v) is 6.29. The van der Waals surface area contributed by atoms with Gasteiger partial charge >= 0.3 is 6.09 Å². The summed E-state index contributed by atoms with van der Waals surface area (Å²) >= 11 is 0. The van der Waals surface area contributed by atoms with Gasteiger partial charge in [-0.3, -0.25) is 14.5 Å². The van der Waals surface area contributed by atoms with Crippen LogP contribution in [0.5, 0.6) is 0 Å². The molecule has 2 unspecified atom stereocenters. The number of fused-ring (bicyclic) bond motifs is 1. The minimum Gasteiger partial charge on any atom is -0.446 e. The van der Waals surface area contributed by atoms with Gasteiger partial charge in [-0.25, -0.2) is 4.79 Å². The summed E-state index contributed by atoms with van der Waals surface area (Å²) in [6.07, 6.45) is 0.133. The predicted octanol–water partition coefficient (Wildman–Crippen LogP) is 3.63. The fourth-order valence-electron chi connectivity index (χ4n) is 4.68. The van der Waals surface area contributed by atoms with Crippen LogP contribution in [0.1, 0.15) is 44.5 Å². The van der Waals surface area contributed by atoms with Gasteiger partial charge in [0.05, 0.1) is 23.5 Å². The van der Waals surface area contributed by atoms with Crippen LogP contribution in [0.15, 0.2) is 42.5 Å². The fourth-order valence-corrected chi connectivity index (χ4v) is 4.68. The number of likely N-dealkylation sites (tertiary alicyclic amines) is 1. The zero-order valence-electron chi connectivity index (χ0n) is 20.2. The Morgan fingerprint density at radius 2 is 1.68 bits per heavy atom. The van der Waals surface area contributed by atoms with E-state index in [0.717, 1.165) is 17.5 Å². The first kappa shape index (κ1) is 23.8. The van der Waals surface area contributed by atoms with E-state index >= 15 is 0 Å². The molecule has 4 rings (SSSR count). The number of carbonyl (C=O) groups excluding carboxylic acids is 3. The molecular formula is C26H32N4O4. The summed E-state index contributed by atoms with van der Waals surface area (Å²) < 4.78 is 5.47. The van der Waals surface area contributed by atoms with Crippen molar-refractivity contribution < 1.29 is 19.1 Å². The van der Waals surface area contributed by atoms with Crippen molar-refractivity contribution in [3.63, 3.8) is 0 Å². The lowest BCUT2D eigenvalue weighted by atomic mass is 9.99. The first-order valence-electron chi connectivity index (χ1n) is 11.7. The van der Waals surface area contributed by atoms with Gasteiger partial charge in [-0.1, -0.05) is 18.2 Å². The van der Waals surface area contributed by atoms with Crippen molar-refractivity contribution in [3.8, 4) is 11.1 Å². The molecule has 1 saturated heterocycles. The largest absolute Gasteiger partial charge is 0.446 e. The van der Waals surface area contributed by atoms with Gasteiger partial charge in [0.25, 0.3) is 5.91 Å². The van der Waals surface area contributed by atoms with Crippen LogP contribution in [0.2, 0.25) is 0 Å². The van der Waals surface area contributed by atoms with Crippen LogP contribution >= 0.6 is 0 Å². The molecule has 2 aromatic carbocycles. The molecule has 0 spiro atoms. The molecule has 0 aromatic heterocycles. The summed E-state index contributed by atoms with van der Waals surface area (Å²) in [6, 6.07) is 13.0. The van der Waals surface area contributed by atoms with E-state index in [2.05, 4.69) is 0 Å². The van der Waals surface area contributed by atoms with Gasteiger partial charge < -0.3 is 20.3 Å². The average Bonchev–Trinajstić information content (AvgIpc) is 3.23. The Bertz CT molecular complexity index is 1100. The molecule has 0 bridgehead atoms. The lowest BCUT2D eigenvalue weighted by Crippen LogP contribution is -2.51. The van der Waals surface area contributed by atoms with Gasteiger partial charge in [0.1, 0.15) is 0 Å². The van der Waals surface area contributed by atoms with Crippen molar-refractivity contribution in [2.45, 2.75) is 52.3 Å². The van der Waals surface area contributed by atoms with E-state index in [-0.39, 0.29) is 30.0 Å². The first-order valence-corrected chi connectivity index (χ1v) is 11.7. The highest BCUT2D eigenvalue weighted by Gasteiger charge is 2.35. The van der Waals surface area contributed by atoms with Gasteiger partial charge in [0, 0.05) is 38.2 Å². The summed E-state index contributed by atoms with van der Waals surface area (Å²) in [5.41, 5.74) is 9.64. The Kier molecular flexibility index (Phi) is 6.61. The second-order valence-electron chi connectivity index (χ2n) is 9.36. The molecule has 3 amide bonds. The highest BCUT2D eigenvalue weighted by molar-refractivity contribution is 6.03. The van der Waals surface area contributed by atoms with E-state index in [9.17, 15) is 14.4 Å². The van der Waals surface area contributed by atoms with Gasteiger partial charge in [0.15, 0.2) is 0 Å². The number of nitrogens with zero attached hydrogens (tertiary/aromatic N) is 3. The first-order chi connectivity index (χ1) is 16.2. The number of carbonyl (C=O) groups is 3. The molecular weight excluding hydrogens is 432 g/mol. The number of ether oxygens (including phenoxy) is 1. The van der Waals surface area contributed by atoms with E-state index < -0.39 is 6.09 Å². The van der Waals surface area contributed by atoms with Crippen molar-refractivity contribution in [2.24, 2.45) is 5.73 Å². The minimum atomic E-state index is -0.437. The lowest BCUT2D eigenvalue weighted by molar-refractivity contribution is -0.117. The van der Waals surface area contributed by atoms with Gasteiger partial charge in [-0.15, -0.1) is 0 Å². The Morgan fingerprint density at radius 3 is 2.26 bits per heavy atom. The number of anilines is 2. The van der Waals surface area contributed by atoms with Crippen molar-refractivity contribution >= 4 is 29.3 Å². The van der Waals surface area contributed by atoms with Crippen molar-refractivity contribution in [1.29, 1.82) is 0 Å². The SMILES string of the molecule is CC(=O)N1c2ccc(-c3ccc(C(=O)N4CCC(N)C4)cc3)cc2N(C(=O)OC(C)C)CC1C. The summed E-state index contributed by atoms with van der Waals surface area (Å²) in [6.45, 7) is 8.66. The number of amides is 3. The summed E-state index contributed by atoms with van der Waals surface area (Å²) in [4.78, 5) is 43.1. The maximum Gasteiger partial charge on any atom is 0.414 e. The van der Waals surface area contributed by atoms with Crippen molar-refractivity contribution in [2.75, 3.05) is 29.4 Å². The molecule has 180 valence electrons. The van der Waals surface area contributed by atoms with Gasteiger partial charge in [0.2, 0.25) is 5.91 Å². The van der Waals surface area contributed by atoms with Crippen molar-refractivity contribution in [1.82, 2.24) is 4.90 Å². The zero-order valence-corrected chi connectivity index (χ0v) is 20.2. The Hall–Kier alpha value is -3.39. The Labute approximate surface area is 200 Å². The molecule has 34 heavy (non-hydrogen) atoms. The molecule has 1 fully saturated rings. The predicted molar refractivity (Wildman–Crippen MR) is 132 cm³/mol. The topological polar surface area (TPSA) is 96.2 Å². The summed E-state index contributed by atoms with van der Waals surface area (Å²) in [7, 11) is 0. The maximum atomic E-state index is 12.9. The lowest BCUT2D eigenvalue weighted by Gasteiger charge is -2.40. The summed E-state index contributed by atoms with van der Waals surface area (Å²) in [5, 5.41) is 0. The third-order valence-electron chi connectivity index (χ3n) is 6.29. The molecule has 2 aliphatic heterocycles. The number of hydrogen-bond acceptors (Lipinski definition) is 5. The second-order valence-corrected chi connectivity index (χ2v) is 9.36. The molecule has 0 saturated carbocycles. The molecule has 2 aliphatic rings. The maximum absolute atomic E-state index is 12.9. The number of nitrogens with two attached hydrogens (primary N) is 1. The molecule has 8 nitrogen and oxygen atoms in total. The highest BCUT2D eigenvalue weighted by Crippen LogP contribution is 2.39. The van der Waals surface area contributed by atoms with Crippen LogP contribution in [-0.2, 0) is 9.53 Å². The molecule has 2 atom stereocenters. The molecule has 8 heteroatoms. The third kappa shape index (κ3) is 4.63. The quantitative estimate of drug-likeness (QED) is 0.748. The summed E-state index contributed by atoms with van der Waals surface area (Å²) in [5.74, 6) is -0.0958. The van der Waals surface area contributed by atoms with E-state index in [1.165, 1.54) is 6.92 Å². The number of rotatable bonds is 3. The number of benzene rings is 2. The Morgan fingerprint density at radius 1 is 1.00 bits per heavy atom. The van der Waals surface area contributed by atoms with Crippen LogP contribution in [0.4, 0.5) is 16.2 Å². The molecule has 0 radical (unpaired) electrons. The molecule has 2 heterocycles. The van der Waals surface area contributed by atoms with E-state index in [1.54, 1.807) is 14.7 Å². The van der Waals surface area contributed by atoms with Crippen LogP contribution in [-0.4, -0.2) is 60.6 Å². The number of hydrogen-bond donors (Lipinski definition) is 1. The fraction of sp³-hybridized carbons (Fsp3) is 0.423. The van der Waals surface area contributed by atoms with Gasteiger partial charge in [-0.05, 0) is 62.6 Å².